The van der Waals surface area contributed by atoms with E-state index in [1.807, 2.05) is 0 Å². The molecule has 0 atom stereocenters. The van der Waals surface area contributed by atoms with E-state index in [-0.39, 0.29) is 35.2 Å². The first-order valence-corrected chi connectivity index (χ1v) is 11.9. The largest absolute Gasteiger partial charge is 0.550 e. The van der Waals surface area contributed by atoms with Crippen LogP contribution in [0.3, 0.4) is 0 Å². The maximum absolute atomic E-state index is 10.1. The van der Waals surface area contributed by atoms with Crippen molar-refractivity contribution in [3.63, 3.8) is 0 Å². The van der Waals surface area contributed by atoms with Crippen LogP contribution < -0.4 is 10.2 Å². The Hall–Kier alpha value is -0.320. The van der Waals surface area contributed by atoms with Gasteiger partial charge in [0.15, 0.2) is 0 Å². The summed E-state index contributed by atoms with van der Waals surface area (Å²) in [6.07, 6.45) is 22.3. The first-order chi connectivity index (χ1) is 13.5. The molecule has 0 saturated heterocycles. The van der Waals surface area contributed by atoms with Crippen LogP contribution in [0.15, 0.2) is 0 Å². The zero-order valence-electron chi connectivity index (χ0n) is 19.1. The molecule has 0 heterocycles. The smallest absolute Gasteiger partial charge is 0.0414 e. The van der Waals surface area contributed by atoms with Crippen LogP contribution in [0.25, 0.3) is 0 Å². The topological polar surface area (TPSA) is 80.3 Å². The Labute approximate surface area is 196 Å². The Morgan fingerprint density at radius 2 is 0.655 bits per heavy atom. The van der Waals surface area contributed by atoms with Crippen molar-refractivity contribution in [3.05, 3.63) is 0 Å². The minimum atomic E-state index is -0.909. The quantitative estimate of drug-likeness (QED) is 0.166. The van der Waals surface area contributed by atoms with E-state index in [0.717, 1.165) is 25.7 Å². The SMILES string of the molecule is CCCCCCCCCCCC(=O)[O-].CCCCCCCCCCCC(=O)[O-].[Ag]. The van der Waals surface area contributed by atoms with Gasteiger partial charge in [-0.05, 0) is 25.7 Å². The summed E-state index contributed by atoms with van der Waals surface area (Å²) in [6, 6.07) is 0. The van der Waals surface area contributed by atoms with E-state index in [1.54, 1.807) is 0 Å². The molecule has 0 spiro atoms. The van der Waals surface area contributed by atoms with E-state index in [2.05, 4.69) is 13.8 Å². The third-order valence-corrected chi connectivity index (χ3v) is 4.97. The fourth-order valence-corrected chi connectivity index (χ4v) is 3.16. The number of rotatable bonds is 20. The number of carbonyl (C=O) groups is 2. The Bertz CT molecular complexity index is 303. The maximum atomic E-state index is 10.1. The Kier molecular flexibility index (Phi) is 34.3. The van der Waals surface area contributed by atoms with Gasteiger partial charge in [0.2, 0.25) is 0 Å². The molecule has 0 aliphatic rings. The number of carbonyl (C=O) groups excluding carboxylic acids is 2. The van der Waals surface area contributed by atoms with Crippen molar-refractivity contribution < 1.29 is 42.2 Å². The van der Waals surface area contributed by atoms with E-state index >= 15 is 0 Å². The monoisotopic (exact) mass is 505 g/mol. The predicted octanol–water partition coefficient (Wildman–Crippen LogP) is 5.31. The van der Waals surface area contributed by atoms with Crippen LogP contribution >= 0.6 is 0 Å². The van der Waals surface area contributed by atoms with Gasteiger partial charge < -0.3 is 19.8 Å². The number of hydrogen-bond acceptors (Lipinski definition) is 4. The standard InChI is InChI=1S/2C12H24O2.Ag/c2*1-2-3-4-5-6-7-8-9-10-11-12(13)14;/h2*2-11H2,1H3,(H,13,14);/p-2. The molecule has 1 radical (unpaired) electrons. The maximum Gasteiger partial charge on any atom is 0.0414 e. The zero-order chi connectivity index (χ0) is 21.3. The van der Waals surface area contributed by atoms with Gasteiger partial charge in [0.05, 0.1) is 0 Å². The minimum absolute atomic E-state index is 0. The summed E-state index contributed by atoms with van der Waals surface area (Å²) in [5, 5.41) is 20.2. The van der Waals surface area contributed by atoms with Gasteiger partial charge in [0.1, 0.15) is 0 Å². The summed E-state index contributed by atoms with van der Waals surface area (Å²) < 4.78 is 0. The van der Waals surface area contributed by atoms with Gasteiger partial charge in [-0.2, -0.15) is 0 Å². The average molecular weight is 506 g/mol. The van der Waals surface area contributed by atoms with Crippen LogP contribution in [-0.4, -0.2) is 11.9 Å². The van der Waals surface area contributed by atoms with E-state index in [4.69, 9.17) is 0 Å². The van der Waals surface area contributed by atoms with Crippen LogP contribution in [0.1, 0.15) is 142 Å². The molecule has 0 fully saturated rings. The molecule has 0 saturated carbocycles. The molecule has 0 aromatic carbocycles. The Balaban J connectivity index is -0.000000451. The molecular formula is C24H46AgO4-2. The molecule has 0 amide bonds. The summed E-state index contributed by atoms with van der Waals surface area (Å²) in [5.74, 6) is -1.82. The van der Waals surface area contributed by atoms with Crippen molar-refractivity contribution >= 4 is 11.9 Å². The minimum Gasteiger partial charge on any atom is -0.550 e. The van der Waals surface area contributed by atoms with Gasteiger partial charge in [-0.15, -0.1) is 0 Å². The summed E-state index contributed by atoms with van der Waals surface area (Å²) >= 11 is 0. The third kappa shape index (κ3) is 38.8. The van der Waals surface area contributed by atoms with Crippen LogP contribution in [0, 0.1) is 0 Å². The molecule has 5 heteroatoms. The molecular weight excluding hydrogens is 460 g/mol. The van der Waals surface area contributed by atoms with Crippen molar-refractivity contribution in [2.75, 3.05) is 0 Å². The number of hydrogen-bond donors (Lipinski definition) is 0. The summed E-state index contributed by atoms with van der Waals surface area (Å²) in [7, 11) is 0. The molecule has 0 aliphatic carbocycles. The Morgan fingerprint density at radius 1 is 0.448 bits per heavy atom. The van der Waals surface area contributed by atoms with Gasteiger partial charge in [-0.3, -0.25) is 0 Å². The molecule has 0 bridgehead atoms. The van der Waals surface area contributed by atoms with E-state index in [9.17, 15) is 19.8 Å². The van der Waals surface area contributed by atoms with Crippen LogP contribution in [0.2, 0.25) is 0 Å². The molecule has 0 N–H and O–H groups in total. The normalized spacial score (nSPS) is 10.0. The second-order valence-electron chi connectivity index (χ2n) is 7.90. The van der Waals surface area contributed by atoms with E-state index < -0.39 is 11.9 Å². The number of carboxylic acids is 2. The van der Waals surface area contributed by atoms with Crippen molar-refractivity contribution in [1.82, 2.24) is 0 Å². The van der Waals surface area contributed by atoms with Crippen LogP contribution in [-0.2, 0) is 32.0 Å². The van der Waals surface area contributed by atoms with Crippen molar-refractivity contribution in [1.29, 1.82) is 0 Å². The first kappa shape index (κ1) is 33.3. The summed E-state index contributed by atoms with van der Waals surface area (Å²) in [6.45, 7) is 4.44. The number of carboxylic acid groups (broad SMARTS) is 2. The summed E-state index contributed by atoms with van der Waals surface area (Å²) in [5.41, 5.74) is 0. The van der Waals surface area contributed by atoms with Crippen molar-refractivity contribution in [2.45, 2.75) is 142 Å². The van der Waals surface area contributed by atoms with Crippen LogP contribution in [0.5, 0.6) is 0 Å². The molecule has 179 valence electrons. The molecule has 0 aromatic rings. The van der Waals surface area contributed by atoms with Crippen molar-refractivity contribution in [3.8, 4) is 0 Å². The van der Waals surface area contributed by atoms with Gasteiger partial charge in [-0.1, -0.05) is 117 Å². The third-order valence-electron chi connectivity index (χ3n) is 4.97. The average Bonchev–Trinajstić information content (AvgIpc) is 2.65. The number of unbranched alkanes of at least 4 members (excludes halogenated alkanes) is 16. The molecule has 0 aliphatic heterocycles. The molecule has 0 rings (SSSR count). The predicted molar refractivity (Wildman–Crippen MR) is 114 cm³/mol. The van der Waals surface area contributed by atoms with Gasteiger partial charge >= 0.3 is 0 Å². The van der Waals surface area contributed by atoms with Crippen LogP contribution in [0.4, 0.5) is 0 Å². The summed E-state index contributed by atoms with van der Waals surface area (Å²) in [4.78, 5) is 20.2. The van der Waals surface area contributed by atoms with Gasteiger partial charge in [0, 0.05) is 34.3 Å². The fourth-order valence-electron chi connectivity index (χ4n) is 3.16. The molecule has 4 nitrogen and oxygen atoms in total. The van der Waals surface area contributed by atoms with E-state index in [0.29, 0.717) is 0 Å². The zero-order valence-corrected chi connectivity index (χ0v) is 20.6. The van der Waals surface area contributed by atoms with Crippen molar-refractivity contribution in [2.24, 2.45) is 0 Å². The Morgan fingerprint density at radius 3 is 0.862 bits per heavy atom. The number of aliphatic carboxylic acids is 2. The second-order valence-corrected chi connectivity index (χ2v) is 7.90. The second kappa shape index (κ2) is 29.9. The van der Waals surface area contributed by atoms with Gasteiger partial charge in [0.25, 0.3) is 0 Å². The molecule has 0 unspecified atom stereocenters. The fraction of sp³-hybridized carbons (Fsp3) is 0.917. The van der Waals surface area contributed by atoms with Gasteiger partial charge in [-0.25, -0.2) is 0 Å². The first-order valence-electron chi connectivity index (χ1n) is 11.9. The van der Waals surface area contributed by atoms with E-state index in [1.165, 1.54) is 89.9 Å². The molecule has 0 aromatic heterocycles. The molecule has 29 heavy (non-hydrogen) atoms.